The Hall–Kier alpha value is -4.27. The van der Waals surface area contributed by atoms with Crippen molar-refractivity contribution < 1.29 is 18.9 Å². The SMILES string of the molecule is CCNC(=S)c1ccc(NC(=C\C(N)/C=C/c2ccc(OC)c(OC)c2)/C=C/c2ccc(OC)c(OC)c2)cc1. The minimum atomic E-state index is -0.369. The van der Waals surface area contributed by atoms with Crippen LogP contribution in [0.4, 0.5) is 5.69 Å². The van der Waals surface area contributed by atoms with Gasteiger partial charge in [0.1, 0.15) is 4.99 Å². The fourth-order valence-corrected chi connectivity index (χ4v) is 4.14. The summed E-state index contributed by atoms with van der Waals surface area (Å²) in [7, 11) is 6.46. The molecule has 0 saturated carbocycles. The van der Waals surface area contributed by atoms with E-state index in [4.69, 9.17) is 36.9 Å². The third-order valence-electron chi connectivity index (χ3n) is 5.93. The normalized spacial score (nSPS) is 12.3. The lowest BCUT2D eigenvalue weighted by Crippen LogP contribution is -2.21. The molecule has 0 bridgehead atoms. The van der Waals surface area contributed by atoms with Gasteiger partial charge in [0.05, 0.1) is 28.4 Å². The van der Waals surface area contributed by atoms with E-state index in [1.807, 2.05) is 98.0 Å². The number of rotatable bonds is 13. The van der Waals surface area contributed by atoms with E-state index in [2.05, 4.69) is 10.6 Å². The zero-order valence-corrected chi connectivity index (χ0v) is 24.4. The lowest BCUT2D eigenvalue weighted by Gasteiger charge is -2.12. The summed E-state index contributed by atoms with van der Waals surface area (Å²) < 4.78 is 21.5. The first kappa shape index (κ1) is 30.3. The van der Waals surface area contributed by atoms with Gasteiger partial charge < -0.3 is 35.3 Å². The Bertz CT molecular complexity index is 1370. The molecule has 0 amide bonds. The smallest absolute Gasteiger partial charge is 0.161 e. The van der Waals surface area contributed by atoms with Crippen LogP contribution in [0.2, 0.25) is 0 Å². The third-order valence-corrected chi connectivity index (χ3v) is 6.31. The van der Waals surface area contributed by atoms with Crippen molar-refractivity contribution in [1.29, 1.82) is 0 Å². The molecule has 3 aromatic carbocycles. The molecular weight excluding hydrogens is 522 g/mol. The summed E-state index contributed by atoms with van der Waals surface area (Å²) in [6, 6.07) is 19.0. The summed E-state index contributed by atoms with van der Waals surface area (Å²) in [6.07, 6.45) is 9.79. The molecule has 7 nitrogen and oxygen atoms in total. The number of methoxy groups -OCH3 is 4. The van der Waals surface area contributed by atoms with E-state index in [0.29, 0.717) is 23.0 Å². The highest BCUT2D eigenvalue weighted by Gasteiger charge is 2.06. The standard InChI is InChI=1S/C32H37N3O4S/c1-6-34-32(40)24-11-15-26(16-12-24)35-27(14-8-23-10-18-29(37-3)31(20-23)39-5)21-25(33)13-7-22-9-17-28(36-2)30(19-22)38-4/h7-21,25,35H,6,33H2,1-5H3,(H,34,40)/b13-7+,14-8+,27-21-. The monoisotopic (exact) mass is 559 g/mol. The highest BCUT2D eigenvalue weighted by Crippen LogP contribution is 2.29. The Kier molecular flexibility index (Phi) is 11.6. The zero-order valence-electron chi connectivity index (χ0n) is 23.6. The van der Waals surface area contributed by atoms with Crippen LogP contribution in [-0.4, -0.2) is 46.0 Å². The summed E-state index contributed by atoms with van der Waals surface area (Å²) >= 11 is 5.43. The maximum Gasteiger partial charge on any atom is 0.161 e. The Morgan fingerprint density at radius 3 is 1.88 bits per heavy atom. The second kappa shape index (κ2) is 15.4. The van der Waals surface area contributed by atoms with Crippen molar-refractivity contribution in [2.75, 3.05) is 40.3 Å². The molecule has 1 unspecified atom stereocenters. The van der Waals surface area contributed by atoms with Gasteiger partial charge in [-0.3, -0.25) is 0 Å². The van der Waals surface area contributed by atoms with Crippen LogP contribution in [0.25, 0.3) is 12.2 Å². The van der Waals surface area contributed by atoms with Gasteiger partial charge in [-0.15, -0.1) is 0 Å². The van der Waals surface area contributed by atoms with Gasteiger partial charge in [0.25, 0.3) is 0 Å². The number of anilines is 1. The summed E-state index contributed by atoms with van der Waals surface area (Å²) in [5.41, 5.74) is 11.1. The van der Waals surface area contributed by atoms with Gasteiger partial charge in [0.15, 0.2) is 23.0 Å². The molecule has 3 aromatic rings. The predicted octanol–water partition coefficient (Wildman–Crippen LogP) is 6.06. The Morgan fingerprint density at radius 1 is 0.800 bits per heavy atom. The van der Waals surface area contributed by atoms with Crippen molar-refractivity contribution >= 4 is 35.0 Å². The number of benzene rings is 3. The quantitative estimate of drug-likeness (QED) is 0.172. The van der Waals surface area contributed by atoms with Gasteiger partial charge in [-0.1, -0.05) is 42.6 Å². The Labute approximate surface area is 242 Å². The molecule has 8 heteroatoms. The van der Waals surface area contributed by atoms with Crippen molar-refractivity contribution in [1.82, 2.24) is 5.32 Å². The first-order valence-electron chi connectivity index (χ1n) is 12.8. The van der Waals surface area contributed by atoms with Crippen LogP contribution in [0.1, 0.15) is 23.6 Å². The lowest BCUT2D eigenvalue weighted by molar-refractivity contribution is 0.355. The lowest BCUT2D eigenvalue weighted by atomic mass is 10.1. The van der Waals surface area contributed by atoms with E-state index in [1.54, 1.807) is 28.4 Å². The van der Waals surface area contributed by atoms with Crippen molar-refractivity contribution in [2.24, 2.45) is 5.73 Å². The van der Waals surface area contributed by atoms with E-state index in [9.17, 15) is 0 Å². The average molecular weight is 560 g/mol. The number of allylic oxidation sites excluding steroid dienone is 1. The summed E-state index contributed by atoms with van der Waals surface area (Å²) in [5.74, 6) is 2.66. The second-order valence-corrected chi connectivity index (χ2v) is 9.09. The molecule has 0 aliphatic rings. The fourth-order valence-electron chi connectivity index (χ4n) is 3.86. The number of nitrogens with two attached hydrogens (primary N) is 1. The molecule has 0 aromatic heterocycles. The molecule has 3 rings (SSSR count). The van der Waals surface area contributed by atoms with Gasteiger partial charge in [-0.2, -0.15) is 0 Å². The molecule has 210 valence electrons. The number of nitrogens with one attached hydrogen (secondary N) is 2. The molecule has 1 atom stereocenters. The first-order valence-corrected chi connectivity index (χ1v) is 13.2. The van der Waals surface area contributed by atoms with Crippen LogP contribution >= 0.6 is 12.2 Å². The van der Waals surface area contributed by atoms with Crippen molar-refractivity contribution in [3.8, 4) is 23.0 Å². The Morgan fingerprint density at radius 2 is 1.35 bits per heavy atom. The molecule has 4 N–H and O–H groups in total. The van der Waals surface area contributed by atoms with E-state index >= 15 is 0 Å². The van der Waals surface area contributed by atoms with Gasteiger partial charge >= 0.3 is 0 Å². The van der Waals surface area contributed by atoms with Gasteiger partial charge in [0, 0.05) is 29.5 Å². The van der Waals surface area contributed by atoms with E-state index in [1.165, 1.54) is 0 Å². The average Bonchev–Trinajstić information content (AvgIpc) is 2.98. The molecule has 0 fully saturated rings. The van der Waals surface area contributed by atoms with Gasteiger partial charge in [-0.25, -0.2) is 0 Å². The van der Waals surface area contributed by atoms with Crippen LogP contribution in [0.5, 0.6) is 23.0 Å². The van der Waals surface area contributed by atoms with E-state index in [0.717, 1.165) is 39.6 Å². The van der Waals surface area contributed by atoms with Crippen molar-refractivity contribution in [3.63, 3.8) is 0 Å². The van der Waals surface area contributed by atoms with E-state index < -0.39 is 0 Å². The summed E-state index contributed by atoms with van der Waals surface area (Å²) in [6.45, 7) is 2.80. The molecule has 0 aliphatic carbocycles. The minimum Gasteiger partial charge on any atom is -0.493 e. The molecule has 0 aliphatic heterocycles. The Balaban J connectivity index is 1.87. The van der Waals surface area contributed by atoms with Crippen molar-refractivity contribution in [2.45, 2.75) is 13.0 Å². The maximum absolute atomic E-state index is 6.50. The first-order chi connectivity index (χ1) is 19.4. The zero-order chi connectivity index (χ0) is 28.9. The van der Waals surface area contributed by atoms with Crippen LogP contribution in [0, 0.1) is 0 Å². The number of thiocarbonyl (C=S) groups is 1. The second-order valence-electron chi connectivity index (χ2n) is 8.68. The fraction of sp³-hybridized carbons (Fsp3) is 0.219. The van der Waals surface area contributed by atoms with Crippen LogP contribution in [0.3, 0.4) is 0 Å². The summed E-state index contributed by atoms with van der Waals surface area (Å²) in [4.78, 5) is 0.723. The highest BCUT2D eigenvalue weighted by atomic mass is 32.1. The molecular formula is C32H37N3O4S. The van der Waals surface area contributed by atoms with Crippen LogP contribution in [0.15, 0.2) is 84.6 Å². The van der Waals surface area contributed by atoms with Crippen molar-refractivity contribution in [3.05, 3.63) is 101 Å². The molecule has 40 heavy (non-hydrogen) atoms. The highest BCUT2D eigenvalue weighted by molar-refractivity contribution is 7.80. The van der Waals surface area contributed by atoms with Crippen LogP contribution in [-0.2, 0) is 0 Å². The number of hydrogen-bond donors (Lipinski definition) is 3. The minimum absolute atomic E-state index is 0.369. The topological polar surface area (TPSA) is 87.0 Å². The van der Waals surface area contributed by atoms with Crippen LogP contribution < -0.4 is 35.3 Å². The maximum atomic E-state index is 6.50. The molecule has 0 spiro atoms. The predicted molar refractivity (Wildman–Crippen MR) is 169 cm³/mol. The number of ether oxygens (including phenoxy) is 4. The van der Waals surface area contributed by atoms with Gasteiger partial charge in [-0.05, 0) is 78.7 Å². The molecule has 0 radical (unpaired) electrons. The van der Waals surface area contributed by atoms with Gasteiger partial charge in [0.2, 0.25) is 0 Å². The third kappa shape index (κ3) is 8.62. The molecule has 0 saturated heterocycles. The van der Waals surface area contributed by atoms with E-state index in [-0.39, 0.29) is 6.04 Å². The number of hydrogen-bond acceptors (Lipinski definition) is 7. The largest absolute Gasteiger partial charge is 0.493 e. The summed E-state index contributed by atoms with van der Waals surface area (Å²) in [5, 5.41) is 6.64. The molecule has 0 heterocycles.